The molecule has 0 radical (unpaired) electrons. The molecule has 0 aromatic heterocycles. The summed E-state index contributed by atoms with van der Waals surface area (Å²) in [6.45, 7) is 13.2. The second kappa shape index (κ2) is 10.1. The Kier molecular flexibility index (Phi) is 9.35. The molecule has 2 heteroatoms. The smallest absolute Gasteiger partial charge is 0.159 e. The zero-order valence-corrected chi connectivity index (χ0v) is 14.6. The summed E-state index contributed by atoms with van der Waals surface area (Å²) in [5.41, 5.74) is 2.28. The van der Waals surface area contributed by atoms with E-state index >= 15 is 0 Å². The van der Waals surface area contributed by atoms with Gasteiger partial charge in [-0.15, -0.1) is 0 Å². The summed E-state index contributed by atoms with van der Waals surface area (Å²) in [7, 11) is 0. The lowest BCUT2D eigenvalue weighted by atomic mass is 9.98. The van der Waals surface area contributed by atoms with Crippen molar-refractivity contribution in [3.05, 3.63) is 59.8 Å². The molecule has 0 saturated carbocycles. The molecule has 0 spiro atoms. The van der Waals surface area contributed by atoms with Crippen molar-refractivity contribution in [2.24, 2.45) is 0 Å². The minimum absolute atomic E-state index is 0.130. The first-order chi connectivity index (χ1) is 10.2. The number of ketones is 1. The fourth-order valence-electron chi connectivity index (χ4n) is 1.89. The summed E-state index contributed by atoms with van der Waals surface area (Å²) in [6.07, 6.45) is 12.9. The van der Waals surface area contributed by atoms with E-state index < -0.39 is 5.60 Å². The second-order valence-electron chi connectivity index (χ2n) is 6.29. The molecule has 1 N–H and O–H groups in total. The fraction of sp³-hybridized carbons (Fsp3) is 0.450. The monoisotopic (exact) mass is 302 g/mol. The molecule has 0 aromatic carbocycles. The van der Waals surface area contributed by atoms with Crippen molar-refractivity contribution < 1.29 is 9.90 Å². The second-order valence-corrected chi connectivity index (χ2v) is 6.29. The van der Waals surface area contributed by atoms with Crippen LogP contribution >= 0.6 is 0 Å². The average Bonchev–Trinajstić information content (AvgIpc) is 2.36. The highest BCUT2D eigenvalue weighted by molar-refractivity contribution is 5.91. The summed E-state index contributed by atoms with van der Waals surface area (Å²) >= 11 is 0. The first kappa shape index (κ1) is 20.3. The van der Waals surface area contributed by atoms with Crippen LogP contribution in [-0.4, -0.2) is 16.5 Å². The Morgan fingerprint density at radius 3 is 2.41 bits per heavy atom. The minimum atomic E-state index is -0.849. The molecule has 122 valence electrons. The van der Waals surface area contributed by atoms with Crippen molar-refractivity contribution >= 4 is 5.78 Å². The maximum Gasteiger partial charge on any atom is 0.159 e. The highest BCUT2D eigenvalue weighted by Gasteiger charge is 2.14. The van der Waals surface area contributed by atoms with E-state index in [-0.39, 0.29) is 5.78 Å². The number of allylic oxidation sites excluding steroid dienone is 8. The van der Waals surface area contributed by atoms with Crippen molar-refractivity contribution in [1.82, 2.24) is 0 Å². The van der Waals surface area contributed by atoms with Crippen LogP contribution in [0.1, 0.15) is 53.9 Å². The number of hydrogen-bond acceptors (Lipinski definition) is 2. The van der Waals surface area contributed by atoms with E-state index in [2.05, 4.69) is 6.58 Å². The molecule has 1 unspecified atom stereocenters. The Hall–Kier alpha value is -1.67. The Bertz CT molecular complexity index is 496. The van der Waals surface area contributed by atoms with Gasteiger partial charge in [-0.3, -0.25) is 4.79 Å². The molecule has 0 aliphatic heterocycles. The minimum Gasteiger partial charge on any atom is -0.386 e. The molecule has 0 aromatic rings. The van der Waals surface area contributed by atoms with Crippen molar-refractivity contribution in [3.63, 3.8) is 0 Å². The molecule has 0 saturated heterocycles. The van der Waals surface area contributed by atoms with Crippen LogP contribution in [0.2, 0.25) is 0 Å². The van der Waals surface area contributed by atoms with E-state index in [9.17, 15) is 9.90 Å². The van der Waals surface area contributed by atoms with Crippen LogP contribution in [0.15, 0.2) is 59.8 Å². The lowest BCUT2D eigenvalue weighted by Crippen LogP contribution is -2.19. The van der Waals surface area contributed by atoms with Gasteiger partial charge in [0.15, 0.2) is 5.78 Å². The first-order valence-corrected chi connectivity index (χ1v) is 7.70. The molecule has 0 aliphatic rings. The first-order valence-electron chi connectivity index (χ1n) is 7.70. The van der Waals surface area contributed by atoms with Crippen LogP contribution in [0.3, 0.4) is 0 Å². The van der Waals surface area contributed by atoms with Gasteiger partial charge in [0.1, 0.15) is 0 Å². The quantitative estimate of drug-likeness (QED) is 0.366. The SMILES string of the molecule is C=C/C(C)=C\C=C\C(C)(O)CC/C=C(\C)CC(=O)C=C(C)C. The lowest BCUT2D eigenvalue weighted by Gasteiger charge is -2.17. The zero-order chi connectivity index (χ0) is 17.2. The summed E-state index contributed by atoms with van der Waals surface area (Å²) in [5, 5.41) is 10.3. The fourth-order valence-corrected chi connectivity index (χ4v) is 1.89. The molecule has 2 nitrogen and oxygen atoms in total. The predicted octanol–water partition coefficient (Wildman–Crippen LogP) is 5.08. The molecule has 1 atom stereocenters. The topological polar surface area (TPSA) is 37.3 Å². The number of carbonyl (C=O) groups is 1. The zero-order valence-electron chi connectivity index (χ0n) is 14.6. The normalized spacial score (nSPS) is 15.5. The Labute approximate surface area is 135 Å². The van der Waals surface area contributed by atoms with E-state index in [0.717, 1.165) is 23.1 Å². The van der Waals surface area contributed by atoms with Gasteiger partial charge >= 0.3 is 0 Å². The van der Waals surface area contributed by atoms with Crippen molar-refractivity contribution in [1.29, 1.82) is 0 Å². The van der Waals surface area contributed by atoms with E-state index in [1.54, 1.807) is 25.2 Å². The van der Waals surface area contributed by atoms with Crippen molar-refractivity contribution in [3.8, 4) is 0 Å². The van der Waals surface area contributed by atoms with E-state index in [4.69, 9.17) is 0 Å². The van der Waals surface area contributed by atoms with Gasteiger partial charge in [-0.05, 0) is 53.5 Å². The molecule has 0 fully saturated rings. The van der Waals surface area contributed by atoms with Gasteiger partial charge in [-0.2, -0.15) is 0 Å². The molecule has 0 rings (SSSR count). The lowest BCUT2D eigenvalue weighted by molar-refractivity contribution is -0.114. The summed E-state index contributed by atoms with van der Waals surface area (Å²) < 4.78 is 0. The largest absolute Gasteiger partial charge is 0.386 e. The Morgan fingerprint density at radius 2 is 1.86 bits per heavy atom. The highest BCUT2D eigenvalue weighted by Crippen LogP contribution is 2.16. The van der Waals surface area contributed by atoms with E-state index in [0.29, 0.717) is 12.8 Å². The van der Waals surface area contributed by atoms with Gasteiger partial charge < -0.3 is 5.11 Å². The Balaban J connectivity index is 4.42. The predicted molar refractivity (Wildman–Crippen MR) is 95.8 cm³/mol. The van der Waals surface area contributed by atoms with E-state index in [1.807, 2.05) is 45.9 Å². The van der Waals surface area contributed by atoms with Gasteiger partial charge in [0, 0.05) is 6.42 Å². The van der Waals surface area contributed by atoms with Gasteiger partial charge in [-0.25, -0.2) is 0 Å². The number of hydrogen-bond donors (Lipinski definition) is 1. The summed E-state index contributed by atoms with van der Waals surface area (Å²) in [5.74, 6) is 0.130. The molecule has 0 aliphatic carbocycles. The van der Waals surface area contributed by atoms with Crippen LogP contribution in [0, 0.1) is 0 Å². The maximum absolute atomic E-state index is 11.7. The number of aliphatic hydroxyl groups is 1. The molecular formula is C20H30O2. The third-order valence-electron chi connectivity index (χ3n) is 3.18. The van der Waals surface area contributed by atoms with Crippen LogP contribution in [0.4, 0.5) is 0 Å². The van der Waals surface area contributed by atoms with Crippen LogP contribution in [-0.2, 0) is 4.79 Å². The molecule has 0 bridgehead atoms. The maximum atomic E-state index is 11.7. The number of carbonyl (C=O) groups excluding carboxylic acids is 1. The molecular weight excluding hydrogens is 272 g/mol. The van der Waals surface area contributed by atoms with Gasteiger partial charge in [0.05, 0.1) is 5.60 Å². The van der Waals surface area contributed by atoms with E-state index in [1.165, 1.54) is 0 Å². The molecule has 0 amide bonds. The number of rotatable bonds is 9. The van der Waals surface area contributed by atoms with Crippen LogP contribution < -0.4 is 0 Å². The van der Waals surface area contributed by atoms with Gasteiger partial charge in [0.25, 0.3) is 0 Å². The Morgan fingerprint density at radius 1 is 1.23 bits per heavy atom. The molecule has 0 heterocycles. The third kappa shape index (κ3) is 11.0. The molecule has 22 heavy (non-hydrogen) atoms. The van der Waals surface area contributed by atoms with Gasteiger partial charge in [0.2, 0.25) is 0 Å². The van der Waals surface area contributed by atoms with Crippen molar-refractivity contribution in [2.45, 2.75) is 59.5 Å². The van der Waals surface area contributed by atoms with Gasteiger partial charge in [-0.1, -0.05) is 53.7 Å². The van der Waals surface area contributed by atoms with Crippen molar-refractivity contribution in [2.75, 3.05) is 0 Å². The summed E-state index contributed by atoms with van der Waals surface area (Å²) in [6, 6.07) is 0. The average molecular weight is 302 g/mol. The highest BCUT2D eigenvalue weighted by atomic mass is 16.3. The van der Waals surface area contributed by atoms with Crippen LogP contribution in [0.5, 0.6) is 0 Å². The third-order valence-corrected chi connectivity index (χ3v) is 3.18. The van der Waals surface area contributed by atoms with Crippen LogP contribution in [0.25, 0.3) is 0 Å². The standard InChI is InChI=1S/C20H30O2/c1-7-17(4)10-8-12-20(6,22)13-9-11-18(5)15-19(21)14-16(2)3/h7-8,10-12,14,22H,1,9,13,15H2,2-6H3/b12-8+,17-10-,18-11+. The summed E-state index contributed by atoms with van der Waals surface area (Å²) in [4.78, 5) is 11.7.